The first-order chi connectivity index (χ1) is 19.5. The number of hydrogen-bond donors (Lipinski definition) is 5. The van der Waals surface area contributed by atoms with E-state index in [0.29, 0.717) is 0 Å². The lowest BCUT2D eigenvalue weighted by Crippen LogP contribution is -2.09. The summed E-state index contributed by atoms with van der Waals surface area (Å²) in [5, 5.41) is 29.5. The zero-order valence-electron chi connectivity index (χ0n) is 21.4. The van der Waals surface area contributed by atoms with Crippen LogP contribution in [0.15, 0.2) is 36.4 Å². The highest BCUT2D eigenvalue weighted by Gasteiger charge is 2.27. The molecule has 0 spiro atoms. The van der Waals surface area contributed by atoms with Crippen LogP contribution in [0.5, 0.6) is 0 Å². The van der Waals surface area contributed by atoms with Gasteiger partial charge < -0.3 is 37.5 Å². The van der Waals surface area contributed by atoms with Crippen LogP contribution in [0, 0.1) is 37.7 Å². The Kier molecular flexibility index (Phi) is 15.4. The lowest BCUT2D eigenvalue weighted by atomic mass is 10.1. The van der Waals surface area contributed by atoms with Gasteiger partial charge in [-0.25, -0.2) is 27.6 Å². The first kappa shape index (κ1) is 40.0. The van der Waals surface area contributed by atoms with Crippen molar-refractivity contribution in [3.8, 4) is 0 Å². The summed E-state index contributed by atoms with van der Waals surface area (Å²) in [7, 11) is 2.27. The summed E-state index contributed by atoms with van der Waals surface area (Å²) < 4.78 is 47.2. The molecule has 9 N–H and O–H groups in total. The molecule has 0 aromatic heterocycles. The number of nitro benzene ring substituents is 2. The Morgan fingerprint density at radius 2 is 0.955 bits per heavy atom. The minimum absolute atomic E-state index is 0. The van der Waals surface area contributed by atoms with Gasteiger partial charge >= 0.3 is 29.3 Å². The maximum atomic E-state index is 12.9. The highest BCUT2D eigenvalue weighted by molar-refractivity contribution is 5.98. The highest BCUT2D eigenvalue weighted by Crippen LogP contribution is 2.30. The Labute approximate surface area is 247 Å². The maximum absolute atomic E-state index is 12.9. The first-order valence-electron chi connectivity index (χ1n) is 10.7. The third kappa shape index (κ3) is 9.19. The maximum Gasteiger partial charge on any atom is 0.344 e. The van der Waals surface area contributed by atoms with Crippen molar-refractivity contribution in [1.82, 2.24) is 0 Å². The number of carboxylic acids is 1. The van der Waals surface area contributed by atoms with Gasteiger partial charge in [0.1, 0.15) is 28.3 Å². The molecule has 3 rings (SSSR count). The van der Waals surface area contributed by atoms with Crippen LogP contribution < -0.4 is 22.9 Å². The molecule has 0 bridgehead atoms. The minimum atomic E-state index is -1.52. The summed E-state index contributed by atoms with van der Waals surface area (Å²) in [6.07, 6.45) is 0. The van der Waals surface area contributed by atoms with Crippen LogP contribution in [-0.4, -0.2) is 47.1 Å². The monoisotopic (exact) mass is 630 g/mol. The number of rotatable bonds is 5. The van der Waals surface area contributed by atoms with E-state index in [9.17, 15) is 47.8 Å². The zero-order valence-corrected chi connectivity index (χ0v) is 21.4. The number of aromatic carboxylic acids is 1. The summed E-state index contributed by atoms with van der Waals surface area (Å²) >= 11 is 0. The van der Waals surface area contributed by atoms with Crippen LogP contribution in [0.1, 0.15) is 45.9 Å². The van der Waals surface area contributed by atoms with Gasteiger partial charge in [-0.2, -0.15) is 0 Å². The molecule has 0 amide bonds. The molecule has 240 valence electrons. The highest BCUT2D eigenvalue weighted by atomic mass is 19.1. The second-order valence-corrected chi connectivity index (χ2v) is 7.44. The molecule has 0 radical (unpaired) electrons. The fraction of sp³-hybridized carbons (Fsp3) is 0.160. The van der Waals surface area contributed by atoms with Gasteiger partial charge in [-0.3, -0.25) is 20.2 Å². The molecule has 19 heteroatoms. The Balaban J connectivity index is 0. The number of nitrogens with two attached hydrogens (primary N) is 4. The fourth-order valence-electron chi connectivity index (χ4n) is 2.91. The number of benzene rings is 3. The van der Waals surface area contributed by atoms with E-state index in [4.69, 9.17) is 28.0 Å². The molecule has 44 heavy (non-hydrogen) atoms. The van der Waals surface area contributed by atoms with Crippen LogP contribution in [0.2, 0.25) is 0 Å². The first-order valence-corrected chi connectivity index (χ1v) is 10.7. The van der Waals surface area contributed by atoms with Crippen molar-refractivity contribution in [3.05, 3.63) is 90.8 Å². The summed E-state index contributed by atoms with van der Waals surface area (Å²) in [4.78, 5) is 51.6. The average Bonchev–Trinajstić information content (AvgIpc) is 2.93. The van der Waals surface area contributed by atoms with Gasteiger partial charge in [-0.05, 0) is 36.4 Å². The topological polar surface area (TPSA) is 280 Å². The van der Waals surface area contributed by atoms with Gasteiger partial charge in [0, 0.05) is 0 Å². The van der Waals surface area contributed by atoms with Crippen molar-refractivity contribution >= 4 is 52.0 Å². The summed E-state index contributed by atoms with van der Waals surface area (Å²) in [6, 6.07) is 5.69. The summed E-state index contributed by atoms with van der Waals surface area (Å²) in [5.74, 6) is -5.71. The fourth-order valence-corrected chi connectivity index (χ4v) is 2.91. The Morgan fingerprint density at radius 1 is 0.636 bits per heavy atom. The quantitative estimate of drug-likeness (QED) is 0.114. The van der Waals surface area contributed by atoms with E-state index in [2.05, 4.69) is 9.47 Å². The molecule has 0 unspecified atom stereocenters. The van der Waals surface area contributed by atoms with E-state index in [1.54, 1.807) is 0 Å². The smallest absolute Gasteiger partial charge is 0.344 e. The van der Waals surface area contributed by atoms with Gasteiger partial charge in [0.15, 0.2) is 11.6 Å². The number of methoxy groups -OCH3 is 2. The molecular weight excluding hydrogens is 601 g/mol. The second kappa shape index (κ2) is 17.0. The van der Waals surface area contributed by atoms with Crippen LogP contribution >= 0.6 is 0 Å². The second-order valence-electron chi connectivity index (χ2n) is 7.44. The lowest BCUT2D eigenvalue weighted by molar-refractivity contribution is -0.384. The van der Waals surface area contributed by atoms with E-state index in [1.807, 2.05) is 0 Å². The largest absolute Gasteiger partial charge is 0.477 e. The molecule has 0 aliphatic heterocycles. The number of nitrogens with zero attached hydrogens (tertiary/aromatic N) is 2. The van der Waals surface area contributed by atoms with Crippen LogP contribution in [0.4, 0.5) is 47.3 Å². The number of hydrogen-bond acceptors (Lipinski definition) is 13. The van der Waals surface area contributed by atoms with E-state index in [-0.39, 0.29) is 37.4 Å². The number of nitro groups is 2. The number of nitrogen functional groups attached to an aromatic ring is 4. The molecule has 3 aromatic carbocycles. The van der Waals surface area contributed by atoms with Crippen molar-refractivity contribution in [2.75, 3.05) is 37.2 Å². The number of esters is 2. The average molecular weight is 631 g/mol. The summed E-state index contributed by atoms with van der Waals surface area (Å²) in [6.45, 7) is 0. The minimum Gasteiger partial charge on any atom is -0.477 e. The SMILES string of the molecule is C.C.COC(=O)c1ccc(F)c(N)c1N.COC(=O)c1ccc(F)c(N)c1[N+](=O)[O-].Nc1c(F)ccc(C(=O)O)c1[N+](=O)[O-]. The number of carboxylic acid groups (broad SMARTS) is 1. The van der Waals surface area contributed by atoms with Crippen LogP contribution in [0.3, 0.4) is 0 Å². The molecule has 0 aliphatic carbocycles. The lowest BCUT2D eigenvalue weighted by Gasteiger charge is -2.06. The van der Waals surface area contributed by atoms with E-state index in [1.165, 1.54) is 13.2 Å². The van der Waals surface area contributed by atoms with E-state index >= 15 is 0 Å². The Hall–Kier alpha value is -6.14. The third-order valence-corrected chi connectivity index (χ3v) is 4.97. The third-order valence-electron chi connectivity index (χ3n) is 4.97. The number of anilines is 4. The van der Waals surface area contributed by atoms with Crippen molar-refractivity contribution in [2.45, 2.75) is 14.9 Å². The number of ether oxygens (including phenoxy) is 2. The van der Waals surface area contributed by atoms with Gasteiger partial charge in [0.2, 0.25) is 0 Å². The van der Waals surface area contributed by atoms with E-state index in [0.717, 1.165) is 37.4 Å². The molecule has 0 saturated heterocycles. The summed E-state index contributed by atoms with van der Waals surface area (Å²) in [5.41, 5.74) is 16.5. The molecule has 3 aromatic rings. The van der Waals surface area contributed by atoms with Crippen LogP contribution in [0.25, 0.3) is 0 Å². The Bertz CT molecular complexity index is 1570. The van der Waals surface area contributed by atoms with E-state index < -0.39 is 73.5 Å². The van der Waals surface area contributed by atoms with Crippen molar-refractivity contribution in [1.29, 1.82) is 0 Å². The van der Waals surface area contributed by atoms with Gasteiger partial charge in [0.05, 0.1) is 41.0 Å². The molecular formula is C25H29F3N6O10. The molecule has 0 saturated carbocycles. The number of carbonyl (C=O) groups is 3. The molecule has 0 fully saturated rings. The zero-order chi connectivity index (χ0) is 32.5. The standard InChI is InChI=1S/C8H7FN2O4.C8H9FN2O2.C7H5FN2O4.2CH4/c1-15-8(12)4-2-3-5(9)6(10)7(4)11(13)14;1-13-8(12)4-2-3-5(9)7(11)6(4)10;8-4-2-1-3(7(11)12)6(5(4)9)10(13)14;;/h2-3H,10H2,1H3;2-3H,10-11H2,1H3;1-2H,9H2,(H,11,12);2*1H4. The predicted molar refractivity (Wildman–Crippen MR) is 153 cm³/mol. The van der Waals surface area contributed by atoms with Crippen molar-refractivity contribution in [3.63, 3.8) is 0 Å². The van der Waals surface area contributed by atoms with Gasteiger partial charge in [0.25, 0.3) is 0 Å². The molecule has 0 atom stereocenters. The van der Waals surface area contributed by atoms with Crippen molar-refractivity contribution in [2.24, 2.45) is 0 Å². The van der Waals surface area contributed by atoms with Gasteiger partial charge in [-0.1, -0.05) is 14.9 Å². The predicted octanol–water partition coefficient (Wildman–Crippen LogP) is 4.17. The molecule has 0 heterocycles. The number of carbonyl (C=O) groups excluding carboxylic acids is 2. The molecule has 16 nitrogen and oxygen atoms in total. The Morgan fingerprint density at radius 3 is 1.32 bits per heavy atom. The van der Waals surface area contributed by atoms with Crippen LogP contribution in [-0.2, 0) is 9.47 Å². The molecule has 0 aliphatic rings. The number of halogens is 3. The normalized spacial score (nSPS) is 9.30. The van der Waals surface area contributed by atoms with Gasteiger partial charge in [-0.15, -0.1) is 0 Å². The van der Waals surface area contributed by atoms with Crippen molar-refractivity contribution < 1.29 is 52.0 Å².